The van der Waals surface area contributed by atoms with Crippen LogP contribution in [-0.2, 0) is 12.8 Å². The molecule has 2 heterocycles. The SMILES string of the molecule is CCOc1ccc(-c2nc(CSc3nncn3C)nc3cc(OC)c(OC)cc23)cc1OCC. The van der Waals surface area contributed by atoms with Crippen molar-refractivity contribution in [2.24, 2.45) is 7.05 Å². The summed E-state index contributed by atoms with van der Waals surface area (Å²) in [7, 11) is 5.12. The second kappa shape index (κ2) is 10.6. The van der Waals surface area contributed by atoms with Gasteiger partial charge in [-0.3, -0.25) is 0 Å². The number of nitrogens with zero attached hydrogens (tertiary/aromatic N) is 5. The van der Waals surface area contributed by atoms with E-state index in [1.54, 1.807) is 20.5 Å². The van der Waals surface area contributed by atoms with Crippen LogP contribution in [0.1, 0.15) is 19.7 Å². The first kappa shape index (κ1) is 23.6. The van der Waals surface area contributed by atoms with Gasteiger partial charge in [0.15, 0.2) is 28.2 Å². The molecule has 4 aromatic rings. The standard InChI is InChI=1S/C24H27N5O4S/c1-6-32-18-9-8-15(10-21(18)33-7-2)23-16-11-19(30-4)20(31-5)12-17(16)26-22(27-23)13-34-24-28-25-14-29(24)3/h8-12,14H,6-7,13H2,1-5H3. The van der Waals surface area contributed by atoms with Gasteiger partial charge >= 0.3 is 0 Å². The van der Waals surface area contributed by atoms with Crippen molar-refractivity contribution in [1.82, 2.24) is 24.7 Å². The monoisotopic (exact) mass is 481 g/mol. The van der Waals surface area contributed by atoms with Crippen LogP contribution in [0, 0.1) is 0 Å². The Morgan fingerprint density at radius 3 is 2.29 bits per heavy atom. The second-order valence-electron chi connectivity index (χ2n) is 7.25. The van der Waals surface area contributed by atoms with Crippen molar-refractivity contribution in [1.29, 1.82) is 0 Å². The first-order valence-electron chi connectivity index (χ1n) is 10.9. The molecule has 10 heteroatoms. The Hall–Kier alpha value is -3.53. The van der Waals surface area contributed by atoms with Gasteiger partial charge < -0.3 is 23.5 Å². The Balaban J connectivity index is 1.85. The first-order chi connectivity index (χ1) is 16.6. The predicted molar refractivity (Wildman–Crippen MR) is 131 cm³/mol. The fourth-order valence-electron chi connectivity index (χ4n) is 3.52. The lowest BCUT2D eigenvalue weighted by Gasteiger charge is -2.15. The number of ether oxygens (including phenoxy) is 4. The Kier molecular flexibility index (Phi) is 7.36. The summed E-state index contributed by atoms with van der Waals surface area (Å²) in [6, 6.07) is 9.61. The summed E-state index contributed by atoms with van der Waals surface area (Å²) in [5.41, 5.74) is 2.41. The lowest BCUT2D eigenvalue weighted by atomic mass is 10.0. The Morgan fingerprint density at radius 1 is 0.882 bits per heavy atom. The van der Waals surface area contributed by atoms with Crippen LogP contribution in [-0.4, -0.2) is 52.2 Å². The zero-order chi connectivity index (χ0) is 24.1. The summed E-state index contributed by atoms with van der Waals surface area (Å²) in [5.74, 6) is 3.77. The number of aromatic nitrogens is 5. The van der Waals surface area contributed by atoms with Crippen molar-refractivity contribution >= 4 is 22.7 Å². The van der Waals surface area contributed by atoms with Gasteiger partial charge in [-0.1, -0.05) is 11.8 Å². The zero-order valence-electron chi connectivity index (χ0n) is 19.9. The summed E-state index contributed by atoms with van der Waals surface area (Å²) in [6.07, 6.45) is 1.67. The van der Waals surface area contributed by atoms with E-state index in [-0.39, 0.29) is 0 Å². The third-order valence-corrected chi connectivity index (χ3v) is 6.09. The molecule has 0 amide bonds. The van der Waals surface area contributed by atoms with Crippen LogP contribution in [0.2, 0.25) is 0 Å². The van der Waals surface area contributed by atoms with Gasteiger partial charge in [-0.15, -0.1) is 10.2 Å². The predicted octanol–water partition coefficient (Wildman–Crippen LogP) is 4.53. The largest absolute Gasteiger partial charge is 0.493 e. The highest BCUT2D eigenvalue weighted by molar-refractivity contribution is 7.98. The van der Waals surface area contributed by atoms with E-state index in [1.165, 1.54) is 11.8 Å². The Morgan fingerprint density at radius 2 is 1.62 bits per heavy atom. The maximum absolute atomic E-state index is 5.85. The smallest absolute Gasteiger partial charge is 0.191 e. The number of benzene rings is 2. The van der Waals surface area contributed by atoms with Crippen molar-refractivity contribution in [2.75, 3.05) is 27.4 Å². The topological polar surface area (TPSA) is 93.4 Å². The molecule has 0 aliphatic heterocycles. The molecule has 2 aromatic heterocycles. The molecule has 0 radical (unpaired) electrons. The third-order valence-electron chi connectivity index (χ3n) is 5.06. The highest BCUT2D eigenvalue weighted by Crippen LogP contribution is 2.38. The summed E-state index contributed by atoms with van der Waals surface area (Å²) in [6.45, 7) is 4.97. The van der Waals surface area contributed by atoms with Gasteiger partial charge in [-0.05, 0) is 38.1 Å². The zero-order valence-corrected chi connectivity index (χ0v) is 20.7. The van der Waals surface area contributed by atoms with E-state index >= 15 is 0 Å². The summed E-state index contributed by atoms with van der Waals surface area (Å²) in [5, 5.41) is 9.71. The minimum Gasteiger partial charge on any atom is -0.493 e. The molecular formula is C24H27N5O4S. The molecule has 4 rings (SSSR count). The van der Waals surface area contributed by atoms with Crippen molar-refractivity contribution in [3.63, 3.8) is 0 Å². The molecular weight excluding hydrogens is 454 g/mol. The summed E-state index contributed by atoms with van der Waals surface area (Å²) >= 11 is 1.52. The van der Waals surface area contributed by atoms with E-state index in [1.807, 2.05) is 55.8 Å². The maximum atomic E-state index is 5.85. The maximum Gasteiger partial charge on any atom is 0.191 e. The van der Waals surface area contributed by atoms with Crippen LogP contribution in [0.3, 0.4) is 0 Å². The molecule has 178 valence electrons. The number of thioether (sulfide) groups is 1. The third kappa shape index (κ3) is 4.86. The Labute approximate surface area is 202 Å². The van der Waals surface area contributed by atoms with Gasteiger partial charge in [0.1, 0.15) is 12.2 Å². The quantitative estimate of drug-likeness (QED) is 0.303. The fourth-order valence-corrected chi connectivity index (χ4v) is 4.26. The highest BCUT2D eigenvalue weighted by atomic mass is 32.2. The van der Waals surface area contributed by atoms with Gasteiger partial charge in [0, 0.05) is 24.1 Å². The van der Waals surface area contributed by atoms with E-state index in [2.05, 4.69) is 10.2 Å². The van der Waals surface area contributed by atoms with Gasteiger partial charge in [0.05, 0.1) is 44.4 Å². The molecule has 0 aliphatic rings. The number of aryl methyl sites for hydroxylation is 1. The minimum absolute atomic E-state index is 0.526. The summed E-state index contributed by atoms with van der Waals surface area (Å²) in [4.78, 5) is 9.73. The van der Waals surface area contributed by atoms with E-state index in [0.717, 1.165) is 27.3 Å². The van der Waals surface area contributed by atoms with E-state index < -0.39 is 0 Å². The molecule has 0 saturated carbocycles. The van der Waals surface area contributed by atoms with Crippen molar-refractivity contribution in [2.45, 2.75) is 24.8 Å². The first-order valence-corrected chi connectivity index (χ1v) is 11.9. The molecule has 0 spiro atoms. The molecule has 0 atom stereocenters. The average Bonchev–Trinajstić information content (AvgIpc) is 3.27. The van der Waals surface area contributed by atoms with Crippen LogP contribution in [0.4, 0.5) is 0 Å². The molecule has 9 nitrogen and oxygen atoms in total. The van der Waals surface area contributed by atoms with Crippen molar-refractivity contribution < 1.29 is 18.9 Å². The summed E-state index contributed by atoms with van der Waals surface area (Å²) < 4.78 is 24.5. The van der Waals surface area contributed by atoms with Crippen LogP contribution < -0.4 is 18.9 Å². The normalized spacial score (nSPS) is 11.0. The van der Waals surface area contributed by atoms with E-state index in [9.17, 15) is 0 Å². The Bertz CT molecular complexity index is 1290. The minimum atomic E-state index is 0.526. The number of methoxy groups -OCH3 is 2. The molecule has 0 unspecified atom stereocenters. The molecule has 0 aliphatic carbocycles. The molecule has 0 fully saturated rings. The lowest BCUT2D eigenvalue weighted by Crippen LogP contribution is -2.02. The van der Waals surface area contributed by atoms with Crippen molar-refractivity contribution in [3.8, 4) is 34.3 Å². The van der Waals surface area contributed by atoms with E-state index in [4.69, 9.17) is 28.9 Å². The number of rotatable bonds is 10. The van der Waals surface area contributed by atoms with Gasteiger partial charge in [0.2, 0.25) is 0 Å². The number of fused-ring (bicyclic) bond motifs is 1. The second-order valence-corrected chi connectivity index (χ2v) is 8.20. The molecule has 0 N–H and O–H groups in total. The van der Waals surface area contributed by atoms with E-state index in [0.29, 0.717) is 47.8 Å². The average molecular weight is 482 g/mol. The fraction of sp³-hybridized carbons (Fsp3) is 0.333. The van der Waals surface area contributed by atoms with Crippen molar-refractivity contribution in [3.05, 3.63) is 42.5 Å². The molecule has 2 aromatic carbocycles. The van der Waals surface area contributed by atoms with Gasteiger partial charge in [-0.2, -0.15) is 0 Å². The lowest BCUT2D eigenvalue weighted by molar-refractivity contribution is 0.288. The van der Waals surface area contributed by atoms with Gasteiger partial charge in [0.25, 0.3) is 0 Å². The van der Waals surface area contributed by atoms with Crippen LogP contribution in [0.5, 0.6) is 23.0 Å². The van der Waals surface area contributed by atoms with Crippen LogP contribution in [0.15, 0.2) is 41.8 Å². The molecule has 0 saturated heterocycles. The van der Waals surface area contributed by atoms with Crippen LogP contribution >= 0.6 is 11.8 Å². The molecule has 0 bridgehead atoms. The highest BCUT2D eigenvalue weighted by Gasteiger charge is 2.17. The number of hydrogen-bond acceptors (Lipinski definition) is 9. The van der Waals surface area contributed by atoms with Crippen LogP contribution in [0.25, 0.3) is 22.2 Å². The number of hydrogen-bond donors (Lipinski definition) is 0. The van der Waals surface area contributed by atoms with Gasteiger partial charge in [-0.25, -0.2) is 9.97 Å². The molecule has 34 heavy (non-hydrogen) atoms.